The fraction of sp³-hybridized carbons (Fsp3) is 0.294. The van der Waals surface area contributed by atoms with E-state index in [-0.39, 0.29) is 12.2 Å². The molecule has 0 aromatic heterocycles. The number of nitrogens with zero attached hydrogens (tertiary/aromatic N) is 2. The molecule has 0 amide bonds. The lowest BCUT2D eigenvalue weighted by Gasteiger charge is -2.29. The zero-order chi connectivity index (χ0) is 25.6. The first kappa shape index (κ1) is 25.0. The Balaban J connectivity index is 1.21. The lowest BCUT2D eigenvalue weighted by molar-refractivity contribution is -0.0944. The third-order valence-corrected chi connectivity index (χ3v) is 7.62. The molecule has 6 rings (SSSR count). The van der Waals surface area contributed by atoms with Gasteiger partial charge in [0.1, 0.15) is 12.2 Å². The van der Waals surface area contributed by atoms with Crippen molar-refractivity contribution < 1.29 is 9.47 Å². The Morgan fingerprint density at radius 1 is 0.474 bits per heavy atom. The fourth-order valence-electron chi connectivity index (χ4n) is 5.39. The monoisotopic (exact) mass is 504 g/mol. The van der Waals surface area contributed by atoms with Crippen LogP contribution in [-0.4, -0.2) is 47.2 Å². The van der Waals surface area contributed by atoms with Crippen molar-refractivity contribution in [2.24, 2.45) is 0 Å². The number of hydrogen-bond donors (Lipinski definition) is 0. The highest BCUT2D eigenvalue weighted by Crippen LogP contribution is 2.36. The summed E-state index contributed by atoms with van der Waals surface area (Å²) in [5.41, 5.74) is 5.09. The summed E-state index contributed by atoms with van der Waals surface area (Å²) < 4.78 is 13.6. The lowest BCUT2D eigenvalue weighted by Crippen LogP contribution is -2.42. The predicted octanol–water partition coefficient (Wildman–Crippen LogP) is 5.93. The van der Waals surface area contributed by atoms with Crippen molar-refractivity contribution in [2.45, 2.75) is 50.6 Å². The van der Waals surface area contributed by atoms with E-state index in [1.807, 2.05) is 0 Å². The van der Waals surface area contributed by atoms with Crippen LogP contribution in [-0.2, 0) is 35.8 Å². The summed E-state index contributed by atoms with van der Waals surface area (Å²) >= 11 is 0. The van der Waals surface area contributed by atoms with Crippen molar-refractivity contribution in [3.8, 4) is 0 Å². The zero-order valence-corrected chi connectivity index (χ0v) is 21.8. The maximum atomic E-state index is 6.78. The Morgan fingerprint density at radius 3 is 1.13 bits per heavy atom. The number of benzene rings is 4. The first-order valence-electron chi connectivity index (χ1n) is 13.7. The summed E-state index contributed by atoms with van der Waals surface area (Å²) in [5.74, 6) is 0. The largest absolute Gasteiger partial charge is 0.369 e. The first-order valence-corrected chi connectivity index (χ1v) is 13.7. The van der Waals surface area contributed by atoms with Crippen LogP contribution in [0.4, 0.5) is 0 Å². The average Bonchev–Trinajstić information content (AvgIpc) is 3.90. The molecule has 4 aromatic carbocycles. The van der Waals surface area contributed by atoms with Crippen LogP contribution >= 0.6 is 0 Å². The summed E-state index contributed by atoms with van der Waals surface area (Å²) in [6.07, 6.45) is -0.0122. The minimum absolute atomic E-state index is 0.00611. The predicted molar refractivity (Wildman–Crippen MR) is 151 cm³/mol. The molecule has 2 unspecified atom stereocenters. The average molecular weight is 505 g/mol. The summed E-state index contributed by atoms with van der Waals surface area (Å²) in [6, 6.07) is 43.2. The van der Waals surface area contributed by atoms with E-state index in [9.17, 15) is 0 Å². The maximum Gasteiger partial charge on any atom is 0.102 e. The van der Waals surface area contributed by atoms with E-state index in [4.69, 9.17) is 9.47 Å². The number of hydrogen-bond acceptors (Lipinski definition) is 4. The van der Waals surface area contributed by atoms with Crippen LogP contribution in [0.1, 0.15) is 22.3 Å². The molecule has 4 heteroatoms. The van der Waals surface area contributed by atoms with Crippen molar-refractivity contribution in [1.82, 2.24) is 9.80 Å². The molecule has 4 aromatic rings. The van der Waals surface area contributed by atoms with E-state index in [2.05, 4.69) is 131 Å². The van der Waals surface area contributed by atoms with Crippen molar-refractivity contribution in [2.75, 3.05) is 13.1 Å². The van der Waals surface area contributed by atoms with Gasteiger partial charge in [-0.2, -0.15) is 0 Å². The highest BCUT2D eigenvalue weighted by Gasteiger charge is 2.52. The highest BCUT2D eigenvalue weighted by molar-refractivity contribution is 5.20. The molecule has 2 aliphatic heterocycles. The number of rotatable bonds is 13. The van der Waals surface area contributed by atoms with Crippen LogP contribution in [0.3, 0.4) is 0 Å². The molecular formula is C34H36N2O2. The van der Waals surface area contributed by atoms with Gasteiger partial charge in [0.15, 0.2) is 0 Å². The van der Waals surface area contributed by atoms with E-state index in [1.165, 1.54) is 22.3 Å². The van der Waals surface area contributed by atoms with Gasteiger partial charge in [-0.1, -0.05) is 121 Å². The molecule has 0 aliphatic carbocycles. The molecule has 0 saturated carbocycles. The molecule has 0 spiro atoms. The second kappa shape index (κ2) is 12.1. The van der Waals surface area contributed by atoms with Gasteiger partial charge in [0.25, 0.3) is 0 Å². The topological polar surface area (TPSA) is 24.5 Å². The van der Waals surface area contributed by atoms with Crippen LogP contribution in [0.2, 0.25) is 0 Å². The van der Waals surface area contributed by atoms with E-state index >= 15 is 0 Å². The molecule has 0 radical (unpaired) electrons. The molecule has 194 valence electrons. The Kier molecular flexibility index (Phi) is 7.94. The first-order chi connectivity index (χ1) is 18.8. The molecule has 0 bridgehead atoms. The van der Waals surface area contributed by atoms with Gasteiger partial charge in [0.05, 0.1) is 25.3 Å². The van der Waals surface area contributed by atoms with Gasteiger partial charge >= 0.3 is 0 Å². The van der Waals surface area contributed by atoms with Gasteiger partial charge in [-0.25, -0.2) is 0 Å². The summed E-state index contributed by atoms with van der Waals surface area (Å²) in [4.78, 5) is 5.04. The molecule has 2 saturated heterocycles. The maximum absolute atomic E-state index is 6.78. The van der Waals surface area contributed by atoms with Gasteiger partial charge in [0.2, 0.25) is 0 Å². The second-order valence-corrected chi connectivity index (χ2v) is 10.5. The van der Waals surface area contributed by atoms with E-state index in [0.29, 0.717) is 25.3 Å². The number of ether oxygens (including phenoxy) is 2. The van der Waals surface area contributed by atoms with Crippen molar-refractivity contribution in [1.29, 1.82) is 0 Å². The van der Waals surface area contributed by atoms with E-state index in [0.717, 1.165) is 26.2 Å². The normalized spacial score (nSPS) is 23.5. The lowest BCUT2D eigenvalue weighted by atomic mass is 10.1. The molecule has 2 aliphatic rings. The highest BCUT2D eigenvalue weighted by atomic mass is 16.5. The SMILES string of the molecule is c1ccc(CO[C@@H]([C@H](OCc2ccccc2)[C@@H]2CN2Cc2ccccc2)[C@@H]2CN2Cc2ccccc2)cc1. The van der Waals surface area contributed by atoms with Crippen LogP contribution < -0.4 is 0 Å². The van der Waals surface area contributed by atoms with Gasteiger partial charge in [-0.05, 0) is 22.3 Å². The standard InChI is InChI=1S/C34H36N2O2/c1-5-13-27(14-6-1)21-35-23-31(35)33(37-25-29-17-9-3-10-18-29)34(38-26-30-19-11-4-12-20-30)32-24-36(32)22-28-15-7-2-8-16-28/h1-20,31-34H,21-26H2/t31-,32-,33+,34+,35?,36?/m0/s1. The van der Waals surface area contributed by atoms with Gasteiger partial charge < -0.3 is 9.47 Å². The Hall–Kier alpha value is -3.28. The van der Waals surface area contributed by atoms with Crippen molar-refractivity contribution in [3.05, 3.63) is 144 Å². The Labute approximate surface area is 226 Å². The van der Waals surface area contributed by atoms with Crippen LogP contribution in [0.25, 0.3) is 0 Å². The second-order valence-electron chi connectivity index (χ2n) is 10.5. The summed E-state index contributed by atoms with van der Waals surface area (Å²) in [5, 5.41) is 0. The van der Waals surface area contributed by atoms with E-state index in [1.54, 1.807) is 0 Å². The van der Waals surface area contributed by atoms with Crippen molar-refractivity contribution in [3.63, 3.8) is 0 Å². The molecule has 2 fully saturated rings. The van der Waals surface area contributed by atoms with Gasteiger partial charge in [-0.3, -0.25) is 9.80 Å². The Bertz CT molecular complexity index is 1150. The van der Waals surface area contributed by atoms with Gasteiger partial charge in [0, 0.05) is 26.2 Å². The van der Waals surface area contributed by atoms with Crippen LogP contribution in [0.5, 0.6) is 0 Å². The third-order valence-electron chi connectivity index (χ3n) is 7.62. The van der Waals surface area contributed by atoms with Crippen LogP contribution in [0.15, 0.2) is 121 Å². The third kappa shape index (κ3) is 6.58. The molecule has 0 N–H and O–H groups in total. The van der Waals surface area contributed by atoms with Gasteiger partial charge in [-0.15, -0.1) is 0 Å². The van der Waals surface area contributed by atoms with Crippen LogP contribution in [0, 0.1) is 0 Å². The van der Waals surface area contributed by atoms with E-state index < -0.39 is 0 Å². The molecule has 38 heavy (non-hydrogen) atoms. The smallest absolute Gasteiger partial charge is 0.102 e. The van der Waals surface area contributed by atoms with Crippen molar-refractivity contribution >= 4 is 0 Å². The summed E-state index contributed by atoms with van der Waals surface area (Å²) in [7, 11) is 0. The molecule has 2 heterocycles. The Morgan fingerprint density at radius 2 is 0.789 bits per heavy atom. The quantitative estimate of drug-likeness (QED) is 0.211. The minimum Gasteiger partial charge on any atom is -0.369 e. The molecule has 6 atom stereocenters. The molecule has 4 nitrogen and oxygen atoms in total. The zero-order valence-electron chi connectivity index (χ0n) is 21.8. The summed E-state index contributed by atoms with van der Waals surface area (Å²) in [6.45, 7) is 5.15. The fourth-order valence-corrected chi connectivity index (χ4v) is 5.39. The molecular weight excluding hydrogens is 468 g/mol. The minimum atomic E-state index is -0.00611.